The Bertz CT molecular complexity index is 400. The first-order valence-electron chi connectivity index (χ1n) is 6.26. The van der Waals surface area contributed by atoms with E-state index in [0.717, 1.165) is 0 Å². The van der Waals surface area contributed by atoms with Gasteiger partial charge in [-0.15, -0.1) is 0 Å². The zero-order chi connectivity index (χ0) is 15.0. The van der Waals surface area contributed by atoms with Crippen molar-refractivity contribution in [1.29, 1.82) is 0 Å². The highest BCUT2D eigenvalue weighted by atomic mass is 35.5. The predicted octanol–water partition coefficient (Wildman–Crippen LogP) is 1.02. The van der Waals surface area contributed by atoms with Gasteiger partial charge in [-0.25, -0.2) is 0 Å². The first-order chi connectivity index (χ1) is 9.56. The summed E-state index contributed by atoms with van der Waals surface area (Å²) >= 11 is 11.7. The van der Waals surface area contributed by atoms with Crippen LogP contribution in [0.3, 0.4) is 0 Å². The molecule has 5 nitrogen and oxygen atoms in total. The molecule has 0 bridgehead atoms. The second-order valence-electron chi connectivity index (χ2n) is 4.29. The van der Waals surface area contributed by atoms with Crippen molar-refractivity contribution in [1.82, 2.24) is 4.90 Å². The molecule has 0 heterocycles. The van der Waals surface area contributed by atoms with Gasteiger partial charge in [-0.2, -0.15) is 0 Å². The first kappa shape index (κ1) is 17.5. The summed E-state index contributed by atoms with van der Waals surface area (Å²) in [6, 6.07) is 4.85. The second-order valence-corrected chi connectivity index (χ2v) is 5.13. The van der Waals surface area contributed by atoms with Crippen LogP contribution >= 0.6 is 23.2 Å². The first-order valence-corrected chi connectivity index (χ1v) is 7.02. The Morgan fingerprint density at radius 2 is 1.80 bits per heavy atom. The summed E-state index contributed by atoms with van der Waals surface area (Å²) in [6.45, 7) is 1.08. The fourth-order valence-corrected chi connectivity index (χ4v) is 2.17. The maximum absolute atomic E-state index is 9.88. The number of benzene rings is 1. The molecule has 0 fully saturated rings. The van der Waals surface area contributed by atoms with Crippen LogP contribution in [0.25, 0.3) is 0 Å². The highest BCUT2D eigenvalue weighted by Crippen LogP contribution is 2.27. The molecule has 3 N–H and O–H groups in total. The molecule has 114 valence electrons. The lowest BCUT2D eigenvalue weighted by Crippen LogP contribution is -2.38. The summed E-state index contributed by atoms with van der Waals surface area (Å²) in [5.41, 5.74) is 0. The van der Waals surface area contributed by atoms with Crippen molar-refractivity contribution >= 4 is 23.2 Å². The Labute approximate surface area is 128 Å². The Morgan fingerprint density at radius 3 is 2.35 bits per heavy atom. The van der Waals surface area contributed by atoms with Gasteiger partial charge in [-0.3, -0.25) is 4.90 Å². The van der Waals surface area contributed by atoms with Crippen LogP contribution < -0.4 is 4.74 Å². The summed E-state index contributed by atoms with van der Waals surface area (Å²) in [5.74, 6) is 0.450. The lowest BCUT2D eigenvalue weighted by atomic mass is 10.3. The monoisotopic (exact) mass is 323 g/mol. The molecule has 20 heavy (non-hydrogen) atoms. The SMILES string of the molecule is OCCN(CCO)C[C@@H](O)COc1ccc(Cl)cc1Cl. The van der Waals surface area contributed by atoms with E-state index in [1.54, 1.807) is 23.1 Å². The molecule has 0 unspecified atom stereocenters. The Hall–Kier alpha value is -0.560. The summed E-state index contributed by atoms with van der Waals surface area (Å²) in [6.07, 6.45) is -0.750. The molecule has 1 aromatic rings. The molecule has 0 saturated heterocycles. The Kier molecular flexibility index (Phi) is 8.21. The van der Waals surface area contributed by atoms with Gasteiger partial charge in [0.05, 0.1) is 18.2 Å². The zero-order valence-electron chi connectivity index (χ0n) is 11.0. The second kappa shape index (κ2) is 9.39. The van der Waals surface area contributed by atoms with Crippen molar-refractivity contribution in [3.63, 3.8) is 0 Å². The van der Waals surface area contributed by atoms with E-state index in [1.165, 1.54) is 0 Å². The number of ether oxygens (including phenoxy) is 1. The van der Waals surface area contributed by atoms with Gasteiger partial charge in [0.25, 0.3) is 0 Å². The molecule has 0 aromatic heterocycles. The van der Waals surface area contributed by atoms with Crippen molar-refractivity contribution in [3.8, 4) is 5.75 Å². The number of hydrogen-bond donors (Lipinski definition) is 3. The summed E-state index contributed by atoms with van der Waals surface area (Å²) < 4.78 is 5.42. The molecule has 7 heteroatoms. The highest BCUT2D eigenvalue weighted by Gasteiger charge is 2.12. The number of nitrogens with zero attached hydrogens (tertiary/aromatic N) is 1. The van der Waals surface area contributed by atoms with Crippen molar-refractivity contribution in [2.24, 2.45) is 0 Å². The van der Waals surface area contributed by atoms with Crippen LogP contribution in [0.5, 0.6) is 5.75 Å². The maximum atomic E-state index is 9.88. The van der Waals surface area contributed by atoms with Gasteiger partial charge in [-0.1, -0.05) is 23.2 Å². The lowest BCUT2D eigenvalue weighted by molar-refractivity contribution is 0.0552. The standard InChI is InChI=1S/C13H19Cl2NO4/c14-10-1-2-13(12(15)7-10)20-9-11(19)8-16(3-5-17)4-6-18/h1-2,7,11,17-19H,3-6,8-9H2/t11-/m1/s1. The van der Waals surface area contributed by atoms with Crippen molar-refractivity contribution in [3.05, 3.63) is 28.2 Å². The molecular formula is C13H19Cl2NO4. The molecule has 1 rings (SSSR count). The topological polar surface area (TPSA) is 73.2 Å². The number of halogens is 2. The summed E-state index contributed by atoms with van der Waals surface area (Å²) in [5, 5.41) is 28.5. The lowest BCUT2D eigenvalue weighted by Gasteiger charge is -2.23. The predicted molar refractivity (Wildman–Crippen MR) is 78.6 cm³/mol. The highest BCUT2D eigenvalue weighted by molar-refractivity contribution is 6.35. The number of rotatable bonds is 9. The zero-order valence-corrected chi connectivity index (χ0v) is 12.5. The van der Waals surface area contributed by atoms with Crippen LogP contribution in [0, 0.1) is 0 Å². The largest absolute Gasteiger partial charge is 0.489 e. The molecule has 1 aromatic carbocycles. The van der Waals surface area contributed by atoms with Crippen LogP contribution in [0.1, 0.15) is 0 Å². The minimum atomic E-state index is -0.750. The minimum absolute atomic E-state index is 0.0312. The van der Waals surface area contributed by atoms with Gasteiger partial charge >= 0.3 is 0 Å². The fraction of sp³-hybridized carbons (Fsp3) is 0.538. The normalized spacial score (nSPS) is 12.7. The van der Waals surface area contributed by atoms with Gasteiger partial charge in [-0.05, 0) is 18.2 Å². The van der Waals surface area contributed by atoms with E-state index < -0.39 is 6.10 Å². The Balaban J connectivity index is 2.43. The molecule has 1 atom stereocenters. The maximum Gasteiger partial charge on any atom is 0.138 e. The van der Waals surface area contributed by atoms with Gasteiger partial charge in [0.15, 0.2) is 0 Å². The van der Waals surface area contributed by atoms with E-state index in [0.29, 0.717) is 35.4 Å². The van der Waals surface area contributed by atoms with Gasteiger partial charge in [0, 0.05) is 24.7 Å². The minimum Gasteiger partial charge on any atom is -0.489 e. The number of aliphatic hydroxyl groups is 3. The van der Waals surface area contributed by atoms with E-state index in [4.69, 9.17) is 38.2 Å². The van der Waals surface area contributed by atoms with E-state index in [9.17, 15) is 5.11 Å². The van der Waals surface area contributed by atoms with Crippen LogP contribution in [0.2, 0.25) is 10.0 Å². The van der Waals surface area contributed by atoms with E-state index >= 15 is 0 Å². The van der Waals surface area contributed by atoms with Gasteiger partial charge < -0.3 is 20.1 Å². The molecule has 0 aliphatic carbocycles. The molecule has 0 amide bonds. The Morgan fingerprint density at radius 1 is 1.15 bits per heavy atom. The molecular weight excluding hydrogens is 305 g/mol. The third kappa shape index (κ3) is 6.26. The average Bonchev–Trinajstić information content (AvgIpc) is 2.38. The van der Waals surface area contributed by atoms with E-state index in [2.05, 4.69) is 0 Å². The van der Waals surface area contributed by atoms with Crippen LogP contribution in [-0.4, -0.2) is 65.8 Å². The fourth-order valence-electron chi connectivity index (χ4n) is 1.71. The summed E-state index contributed by atoms with van der Waals surface area (Å²) in [4.78, 5) is 1.75. The third-order valence-corrected chi connectivity index (χ3v) is 3.16. The number of aliphatic hydroxyl groups excluding tert-OH is 3. The third-order valence-electron chi connectivity index (χ3n) is 2.63. The van der Waals surface area contributed by atoms with Crippen molar-refractivity contribution in [2.45, 2.75) is 6.10 Å². The van der Waals surface area contributed by atoms with Gasteiger partial charge in [0.2, 0.25) is 0 Å². The molecule has 0 aliphatic rings. The van der Waals surface area contributed by atoms with Crippen LogP contribution in [-0.2, 0) is 0 Å². The quantitative estimate of drug-likeness (QED) is 0.632. The molecule has 0 radical (unpaired) electrons. The van der Waals surface area contributed by atoms with E-state index in [-0.39, 0.29) is 19.8 Å². The van der Waals surface area contributed by atoms with Crippen LogP contribution in [0.15, 0.2) is 18.2 Å². The molecule has 0 saturated carbocycles. The van der Waals surface area contributed by atoms with Crippen LogP contribution in [0.4, 0.5) is 0 Å². The van der Waals surface area contributed by atoms with E-state index in [1.807, 2.05) is 0 Å². The number of hydrogen-bond acceptors (Lipinski definition) is 5. The molecule has 0 aliphatic heterocycles. The van der Waals surface area contributed by atoms with Gasteiger partial charge in [0.1, 0.15) is 18.5 Å². The summed E-state index contributed by atoms with van der Waals surface area (Å²) in [7, 11) is 0. The molecule has 0 spiro atoms. The van der Waals surface area contributed by atoms with Crippen molar-refractivity contribution in [2.75, 3.05) is 39.5 Å². The average molecular weight is 324 g/mol. The van der Waals surface area contributed by atoms with Crippen molar-refractivity contribution < 1.29 is 20.1 Å². The smallest absolute Gasteiger partial charge is 0.138 e.